The standard InChI is InChI=1S/C27H20N6O2/c1-18-2-6-20(7-3-18)23-16-29-33-26(25(23)22-10-13-28-14-11-22)31-32(27(33)34)17-19-4-8-21(9-5-19)24-12-15-30-35-24/h2-16H,17H2,1H3. The molecule has 4 heterocycles. The van der Waals surface area contributed by atoms with Gasteiger partial charge in [-0.3, -0.25) is 4.98 Å². The van der Waals surface area contributed by atoms with Crippen LogP contribution in [0.3, 0.4) is 0 Å². The third-order valence-electron chi connectivity index (χ3n) is 5.95. The van der Waals surface area contributed by atoms with Crippen molar-refractivity contribution < 1.29 is 4.52 Å². The van der Waals surface area contributed by atoms with Crippen LogP contribution in [0, 0.1) is 6.92 Å². The summed E-state index contributed by atoms with van der Waals surface area (Å²) in [5.41, 5.74) is 6.87. The Morgan fingerprint density at radius 1 is 0.829 bits per heavy atom. The Balaban J connectivity index is 1.46. The quantitative estimate of drug-likeness (QED) is 0.373. The van der Waals surface area contributed by atoms with Crippen molar-refractivity contribution in [1.82, 2.24) is 29.5 Å². The molecule has 6 rings (SSSR count). The van der Waals surface area contributed by atoms with Gasteiger partial charge in [-0.05, 0) is 35.7 Å². The summed E-state index contributed by atoms with van der Waals surface area (Å²) in [4.78, 5) is 17.4. The van der Waals surface area contributed by atoms with E-state index < -0.39 is 0 Å². The summed E-state index contributed by atoms with van der Waals surface area (Å²) >= 11 is 0. The van der Waals surface area contributed by atoms with Gasteiger partial charge >= 0.3 is 5.69 Å². The maximum absolute atomic E-state index is 13.2. The van der Waals surface area contributed by atoms with E-state index in [1.54, 1.807) is 30.9 Å². The number of aromatic nitrogens is 6. The van der Waals surface area contributed by atoms with Crippen molar-refractivity contribution in [3.8, 4) is 33.6 Å². The Labute approximate surface area is 200 Å². The lowest BCUT2D eigenvalue weighted by Gasteiger charge is -2.10. The van der Waals surface area contributed by atoms with E-state index in [0.717, 1.165) is 33.4 Å². The van der Waals surface area contributed by atoms with Gasteiger partial charge in [0.15, 0.2) is 11.4 Å². The van der Waals surface area contributed by atoms with E-state index in [1.165, 1.54) is 14.8 Å². The maximum atomic E-state index is 13.2. The van der Waals surface area contributed by atoms with Gasteiger partial charge in [0.05, 0.1) is 18.9 Å². The number of aryl methyl sites for hydroxylation is 1. The first-order valence-electron chi connectivity index (χ1n) is 11.1. The average Bonchev–Trinajstić information content (AvgIpc) is 3.54. The van der Waals surface area contributed by atoms with E-state index in [-0.39, 0.29) is 5.69 Å². The summed E-state index contributed by atoms with van der Waals surface area (Å²) in [6, 6.07) is 21.6. The van der Waals surface area contributed by atoms with Crippen LogP contribution in [-0.2, 0) is 6.54 Å². The number of benzene rings is 2. The Morgan fingerprint density at radius 3 is 2.29 bits per heavy atom. The van der Waals surface area contributed by atoms with Crippen LogP contribution >= 0.6 is 0 Å². The first-order chi connectivity index (χ1) is 17.2. The zero-order valence-corrected chi connectivity index (χ0v) is 18.9. The van der Waals surface area contributed by atoms with Gasteiger partial charge in [-0.15, -0.1) is 5.10 Å². The van der Waals surface area contributed by atoms with E-state index >= 15 is 0 Å². The van der Waals surface area contributed by atoms with Gasteiger partial charge in [-0.1, -0.05) is 59.3 Å². The van der Waals surface area contributed by atoms with Gasteiger partial charge in [-0.25, -0.2) is 9.48 Å². The van der Waals surface area contributed by atoms with Crippen molar-refractivity contribution in [2.45, 2.75) is 13.5 Å². The largest absolute Gasteiger partial charge is 0.367 e. The van der Waals surface area contributed by atoms with Crippen molar-refractivity contribution in [2.24, 2.45) is 0 Å². The van der Waals surface area contributed by atoms with Gasteiger partial charge in [0, 0.05) is 35.2 Å². The minimum absolute atomic E-state index is 0.301. The predicted octanol–water partition coefficient (Wildman–Crippen LogP) is 4.63. The number of nitrogens with zero attached hydrogens (tertiary/aromatic N) is 6. The lowest BCUT2D eigenvalue weighted by molar-refractivity contribution is 0.432. The summed E-state index contributed by atoms with van der Waals surface area (Å²) in [7, 11) is 0. The summed E-state index contributed by atoms with van der Waals surface area (Å²) < 4.78 is 8.01. The number of pyridine rings is 1. The molecule has 0 aliphatic rings. The normalized spacial score (nSPS) is 11.2. The van der Waals surface area contributed by atoms with E-state index in [9.17, 15) is 4.79 Å². The van der Waals surface area contributed by atoms with Gasteiger partial charge in [-0.2, -0.15) is 9.61 Å². The highest BCUT2D eigenvalue weighted by molar-refractivity contribution is 5.91. The fraction of sp³-hybridized carbons (Fsp3) is 0.0741. The van der Waals surface area contributed by atoms with Crippen LogP contribution in [0.15, 0.2) is 101 Å². The minimum Gasteiger partial charge on any atom is -0.356 e. The topological polar surface area (TPSA) is 91.1 Å². The summed E-state index contributed by atoms with van der Waals surface area (Å²) in [5, 5.41) is 12.9. The molecule has 0 spiro atoms. The molecule has 0 unspecified atom stereocenters. The van der Waals surface area contributed by atoms with Crippen LogP contribution < -0.4 is 5.69 Å². The molecule has 8 nitrogen and oxygen atoms in total. The lowest BCUT2D eigenvalue weighted by Crippen LogP contribution is -2.22. The second-order valence-corrected chi connectivity index (χ2v) is 8.28. The second kappa shape index (κ2) is 8.49. The van der Waals surface area contributed by atoms with Crippen LogP contribution in [0.4, 0.5) is 0 Å². The van der Waals surface area contributed by atoms with Crippen LogP contribution in [-0.4, -0.2) is 29.5 Å². The van der Waals surface area contributed by atoms with Crippen molar-refractivity contribution in [3.63, 3.8) is 0 Å². The number of rotatable bonds is 5. The molecule has 0 radical (unpaired) electrons. The predicted molar refractivity (Wildman–Crippen MR) is 132 cm³/mol. The molecule has 8 heteroatoms. The minimum atomic E-state index is -0.301. The molecule has 35 heavy (non-hydrogen) atoms. The SMILES string of the molecule is Cc1ccc(-c2cnn3c(=O)n(Cc4ccc(-c5ccno5)cc4)nc3c2-c2ccncc2)cc1. The van der Waals surface area contributed by atoms with Crippen molar-refractivity contribution in [2.75, 3.05) is 0 Å². The fourth-order valence-corrected chi connectivity index (χ4v) is 4.13. The number of fused-ring (bicyclic) bond motifs is 1. The Hall–Kier alpha value is -4.85. The summed E-state index contributed by atoms with van der Waals surface area (Å²) in [6.45, 7) is 2.36. The molecule has 0 bridgehead atoms. The average molecular weight is 460 g/mol. The van der Waals surface area contributed by atoms with E-state index in [4.69, 9.17) is 9.62 Å². The number of hydrogen-bond acceptors (Lipinski definition) is 6. The van der Waals surface area contributed by atoms with E-state index in [2.05, 4.69) is 39.5 Å². The van der Waals surface area contributed by atoms with Gasteiger partial charge in [0.1, 0.15) is 0 Å². The van der Waals surface area contributed by atoms with E-state index in [0.29, 0.717) is 18.0 Å². The summed E-state index contributed by atoms with van der Waals surface area (Å²) in [5.74, 6) is 0.691. The molecule has 0 fully saturated rings. The smallest absolute Gasteiger partial charge is 0.356 e. The molecular weight excluding hydrogens is 440 g/mol. The van der Waals surface area contributed by atoms with E-state index in [1.807, 2.05) is 43.3 Å². The molecule has 0 saturated carbocycles. The molecular formula is C27H20N6O2. The Kier molecular flexibility index (Phi) is 5.03. The van der Waals surface area contributed by atoms with Gasteiger partial charge in [0.2, 0.25) is 0 Å². The van der Waals surface area contributed by atoms with Crippen LogP contribution in [0.25, 0.3) is 39.2 Å². The Bertz CT molecular complexity index is 1670. The third-order valence-corrected chi connectivity index (χ3v) is 5.95. The van der Waals surface area contributed by atoms with Crippen LogP contribution in [0.2, 0.25) is 0 Å². The first kappa shape index (κ1) is 20.7. The fourth-order valence-electron chi connectivity index (χ4n) is 4.13. The zero-order valence-electron chi connectivity index (χ0n) is 18.9. The third kappa shape index (κ3) is 3.80. The second-order valence-electron chi connectivity index (χ2n) is 8.28. The molecule has 0 aliphatic heterocycles. The van der Waals surface area contributed by atoms with Crippen molar-refractivity contribution in [1.29, 1.82) is 0 Å². The highest BCUT2D eigenvalue weighted by Gasteiger charge is 2.19. The van der Waals surface area contributed by atoms with Crippen molar-refractivity contribution >= 4 is 5.65 Å². The molecule has 4 aromatic heterocycles. The van der Waals surface area contributed by atoms with Crippen LogP contribution in [0.5, 0.6) is 0 Å². The first-order valence-corrected chi connectivity index (χ1v) is 11.1. The highest BCUT2D eigenvalue weighted by Crippen LogP contribution is 2.33. The molecule has 0 N–H and O–H groups in total. The van der Waals surface area contributed by atoms with Crippen molar-refractivity contribution in [3.05, 3.63) is 113 Å². The molecule has 0 atom stereocenters. The molecule has 170 valence electrons. The molecule has 2 aromatic carbocycles. The maximum Gasteiger partial charge on any atom is 0.367 e. The van der Waals surface area contributed by atoms with Crippen LogP contribution in [0.1, 0.15) is 11.1 Å². The molecule has 6 aromatic rings. The van der Waals surface area contributed by atoms with Gasteiger partial charge in [0.25, 0.3) is 0 Å². The zero-order chi connectivity index (χ0) is 23.8. The van der Waals surface area contributed by atoms with Gasteiger partial charge < -0.3 is 4.52 Å². The number of hydrogen-bond donors (Lipinski definition) is 0. The molecule has 0 aliphatic carbocycles. The Morgan fingerprint density at radius 2 is 1.57 bits per heavy atom. The monoisotopic (exact) mass is 460 g/mol. The lowest BCUT2D eigenvalue weighted by atomic mass is 9.97. The summed E-state index contributed by atoms with van der Waals surface area (Å²) in [6.07, 6.45) is 6.80. The molecule has 0 amide bonds. The highest BCUT2D eigenvalue weighted by atomic mass is 16.5. The molecule has 0 saturated heterocycles.